The Morgan fingerprint density at radius 3 is 2.88 bits per heavy atom. The molecule has 0 aromatic carbocycles. The molecule has 6 nitrogen and oxygen atoms in total. The summed E-state index contributed by atoms with van der Waals surface area (Å²) >= 11 is 0. The zero-order valence-corrected chi connectivity index (χ0v) is 14.1. The molecule has 3 heterocycles. The number of fused-ring (bicyclic) bond motifs is 1. The van der Waals surface area contributed by atoms with Crippen LogP contribution in [-0.2, 0) is 17.6 Å². The van der Waals surface area contributed by atoms with Gasteiger partial charge in [-0.15, -0.1) is 0 Å². The number of nitrogens with one attached hydrogen (secondary N) is 1. The highest BCUT2D eigenvalue weighted by Crippen LogP contribution is 2.21. The lowest BCUT2D eigenvalue weighted by atomic mass is 10.1. The van der Waals surface area contributed by atoms with Crippen LogP contribution < -0.4 is 5.32 Å². The Bertz CT molecular complexity index is 617. The molecule has 24 heavy (non-hydrogen) atoms. The van der Waals surface area contributed by atoms with Crippen LogP contribution in [0, 0.1) is 0 Å². The van der Waals surface area contributed by atoms with Gasteiger partial charge >= 0.3 is 5.97 Å². The monoisotopic (exact) mass is 330 g/mol. The minimum atomic E-state index is -0.756. The van der Waals surface area contributed by atoms with Crippen LogP contribution in [-0.4, -0.2) is 58.6 Å². The molecule has 3 rings (SSSR count). The molecule has 1 saturated heterocycles. The molecule has 130 valence electrons. The van der Waals surface area contributed by atoms with E-state index in [-0.39, 0.29) is 6.42 Å². The number of carbonyl (C=O) groups is 1. The number of aryl methyl sites for hydroxylation is 2. The number of carboxylic acids is 1. The van der Waals surface area contributed by atoms with Crippen molar-refractivity contribution in [2.75, 3.05) is 38.0 Å². The maximum atomic E-state index is 10.7. The van der Waals surface area contributed by atoms with Crippen LogP contribution in [0.3, 0.4) is 0 Å². The van der Waals surface area contributed by atoms with Crippen LogP contribution >= 0.6 is 0 Å². The number of carboxylic acid groups (broad SMARTS) is 1. The van der Waals surface area contributed by atoms with Gasteiger partial charge in [-0.2, -0.15) is 0 Å². The van der Waals surface area contributed by atoms with Gasteiger partial charge in [0.1, 0.15) is 5.82 Å². The summed E-state index contributed by atoms with van der Waals surface area (Å²) in [6, 6.07) is 4.34. The first-order valence-electron chi connectivity index (χ1n) is 8.77. The summed E-state index contributed by atoms with van der Waals surface area (Å²) in [4.78, 5) is 19.7. The van der Waals surface area contributed by atoms with Crippen LogP contribution in [0.1, 0.15) is 30.5 Å². The fourth-order valence-electron chi connectivity index (χ4n) is 3.37. The number of anilines is 1. The molecular weight excluding hydrogens is 304 g/mol. The maximum absolute atomic E-state index is 10.7. The molecule has 6 heteroatoms. The van der Waals surface area contributed by atoms with Crippen molar-refractivity contribution < 1.29 is 9.90 Å². The van der Waals surface area contributed by atoms with Crippen molar-refractivity contribution in [1.82, 2.24) is 14.8 Å². The second kappa shape index (κ2) is 7.55. The molecule has 1 aromatic rings. The van der Waals surface area contributed by atoms with Gasteiger partial charge in [-0.25, -0.2) is 4.98 Å². The maximum Gasteiger partial charge on any atom is 0.305 e. The van der Waals surface area contributed by atoms with Gasteiger partial charge in [0.05, 0.1) is 12.2 Å². The Labute approximate surface area is 143 Å². The van der Waals surface area contributed by atoms with Gasteiger partial charge in [0.25, 0.3) is 0 Å². The van der Waals surface area contributed by atoms with Crippen molar-refractivity contribution in [2.45, 2.75) is 32.1 Å². The van der Waals surface area contributed by atoms with Crippen LogP contribution in [0.5, 0.6) is 0 Å². The summed E-state index contributed by atoms with van der Waals surface area (Å²) in [5, 5.41) is 12.2. The lowest BCUT2D eigenvalue weighted by molar-refractivity contribution is -0.137. The van der Waals surface area contributed by atoms with Crippen molar-refractivity contribution in [2.24, 2.45) is 0 Å². The first kappa shape index (κ1) is 16.6. The van der Waals surface area contributed by atoms with E-state index in [1.807, 2.05) is 0 Å². The molecule has 2 aliphatic heterocycles. The molecule has 2 aliphatic rings. The van der Waals surface area contributed by atoms with E-state index in [1.165, 1.54) is 12.0 Å². The smallest absolute Gasteiger partial charge is 0.305 e. The average molecular weight is 330 g/mol. The Morgan fingerprint density at radius 2 is 2.08 bits per heavy atom. The lowest BCUT2D eigenvalue weighted by Crippen LogP contribution is -2.25. The number of nitrogens with zero attached hydrogens (tertiary/aromatic N) is 3. The van der Waals surface area contributed by atoms with Gasteiger partial charge in [-0.1, -0.05) is 12.6 Å². The van der Waals surface area contributed by atoms with Crippen LogP contribution in [0.15, 0.2) is 24.5 Å². The summed E-state index contributed by atoms with van der Waals surface area (Å²) in [5.41, 5.74) is 2.46. The first-order valence-corrected chi connectivity index (χ1v) is 8.77. The zero-order chi connectivity index (χ0) is 16.9. The number of hydrogen-bond donors (Lipinski definition) is 2. The van der Waals surface area contributed by atoms with Gasteiger partial charge in [-0.05, 0) is 37.3 Å². The predicted molar refractivity (Wildman–Crippen MR) is 93.9 cm³/mol. The molecule has 1 aromatic heterocycles. The molecular formula is C18H26N4O2. The first-order chi connectivity index (χ1) is 11.6. The second-order valence-electron chi connectivity index (χ2n) is 6.48. The number of aliphatic carboxylic acids is 1. The van der Waals surface area contributed by atoms with E-state index in [2.05, 4.69) is 33.8 Å². The molecule has 2 N–H and O–H groups in total. The summed E-state index contributed by atoms with van der Waals surface area (Å²) in [7, 11) is 0. The third kappa shape index (κ3) is 3.99. The third-order valence-electron chi connectivity index (χ3n) is 4.78. The van der Waals surface area contributed by atoms with Gasteiger partial charge in [0, 0.05) is 38.4 Å². The minimum Gasteiger partial charge on any atom is -0.481 e. The van der Waals surface area contributed by atoms with E-state index < -0.39 is 5.97 Å². The lowest BCUT2D eigenvalue weighted by Gasteiger charge is -2.23. The van der Waals surface area contributed by atoms with Crippen molar-refractivity contribution in [3.63, 3.8) is 0 Å². The zero-order valence-electron chi connectivity index (χ0n) is 14.1. The molecule has 0 spiro atoms. The molecule has 0 radical (unpaired) electrons. The minimum absolute atomic E-state index is 0.166. The predicted octanol–water partition coefficient (Wildman–Crippen LogP) is 1.94. The van der Waals surface area contributed by atoms with E-state index in [4.69, 9.17) is 10.1 Å². The highest BCUT2D eigenvalue weighted by atomic mass is 16.4. The van der Waals surface area contributed by atoms with E-state index in [0.29, 0.717) is 6.54 Å². The van der Waals surface area contributed by atoms with Crippen LogP contribution in [0.4, 0.5) is 5.82 Å². The Kier molecular flexibility index (Phi) is 5.23. The van der Waals surface area contributed by atoms with Crippen molar-refractivity contribution in [1.29, 1.82) is 0 Å². The number of pyridine rings is 1. The molecule has 0 amide bonds. The van der Waals surface area contributed by atoms with Crippen molar-refractivity contribution >= 4 is 11.8 Å². The average Bonchev–Trinajstić information content (AvgIpc) is 2.93. The quantitative estimate of drug-likeness (QED) is 0.796. The molecule has 0 bridgehead atoms. The Hall–Kier alpha value is -2.24. The van der Waals surface area contributed by atoms with Gasteiger partial charge in [0.2, 0.25) is 0 Å². The summed E-state index contributed by atoms with van der Waals surface area (Å²) in [6.07, 6.45) is 4.45. The number of rotatable bonds is 7. The standard InChI is InChI=1S/C18H26N4O2/c1-14-21(12-13-22(14)11-8-17(23)24)10-3-5-16-7-6-15-4-2-9-19-18(15)20-16/h6-7H,1-5,8-13H2,(H,19,20)(H,23,24). The van der Waals surface area contributed by atoms with Gasteiger partial charge in [0.15, 0.2) is 0 Å². The molecule has 0 aliphatic carbocycles. The summed E-state index contributed by atoms with van der Waals surface area (Å²) in [5.74, 6) is 1.26. The molecule has 0 atom stereocenters. The fraction of sp³-hybridized carbons (Fsp3) is 0.556. The third-order valence-corrected chi connectivity index (χ3v) is 4.78. The van der Waals surface area contributed by atoms with E-state index >= 15 is 0 Å². The van der Waals surface area contributed by atoms with Crippen LogP contribution in [0.25, 0.3) is 0 Å². The SMILES string of the molecule is C=C1N(CCCc2ccc3c(n2)NCCC3)CCN1CCC(=O)O. The largest absolute Gasteiger partial charge is 0.481 e. The number of hydrogen-bond acceptors (Lipinski definition) is 5. The second-order valence-corrected chi connectivity index (χ2v) is 6.48. The fourth-order valence-corrected chi connectivity index (χ4v) is 3.37. The van der Waals surface area contributed by atoms with E-state index in [9.17, 15) is 4.79 Å². The molecule has 0 unspecified atom stereocenters. The molecule has 0 saturated carbocycles. The highest BCUT2D eigenvalue weighted by Gasteiger charge is 2.22. The Balaban J connectivity index is 1.45. The van der Waals surface area contributed by atoms with Gasteiger partial charge < -0.3 is 20.2 Å². The van der Waals surface area contributed by atoms with Crippen LogP contribution in [0.2, 0.25) is 0 Å². The number of aromatic nitrogens is 1. The summed E-state index contributed by atoms with van der Waals surface area (Å²) < 4.78 is 0. The summed E-state index contributed by atoms with van der Waals surface area (Å²) in [6.45, 7) is 8.41. The van der Waals surface area contributed by atoms with Crippen molar-refractivity contribution in [3.05, 3.63) is 35.8 Å². The van der Waals surface area contributed by atoms with Crippen molar-refractivity contribution in [3.8, 4) is 0 Å². The Morgan fingerprint density at radius 1 is 1.29 bits per heavy atom. The normalized spacial score (nSPS) is 16.9. The topological polar surface area (TPSA) is 68.7 Å². The van der Waals surface area contributed by atoms with E-state index in [0.717, 1.165) is 62.8 Å². The van der Waals surface area contributed by atoms with Gasteiger partial charge in [-0.3, -0.25) is 4.79 Å². The highest BCUT2D eigenvalue weighted by molar-refractivity contribution is 5.66. The molecule has 1 fully saturated rings. The van der Waals surface area contributed by atoms with E-state index in [1.54, 1.807) is 0 Å².